The van der Waals surface area contributed by atoms with Crippen LogP contribution >= 0.6 is 0 Å². The molecule has 0 aromatic heterocycles. The highest BCUT2D eigenvalue weighted by Gasteiger charge is 2.20. The van der Waals surface area contributed by atoms with Crippen molar-refractivity contribution in [2.24, 2.45) is 0 Å². The molecule has 2 amide bonds. The van der Waals surface area contributed by atoms with Crippen molar-refractivity contribution in [2.75, 3.05) is 43.5 Å². The molecule has 3 N–H and O–H groups in total. The van der Waals surface area contributed by atoms with Gasteiger partial charge in [-0.25, -0.2) is 8.78 Å². The van der Waals surface area contributed by atoms with Crippen LogP contribution in [-0.2, 0) is 16.0 Å². The van der Waals surface area contributed by atoms with E-state index in [-0.39, 0.29) is 24.9 Å². The van der Waals surface area contributed by atoms with Gasteiger partial charge in [0.15, 0.2) is 24.6 Å². The van der Waals surface area contributed by atoms with E-state index in [1.165, 1.54) is 48.5 Å². The SMILES string of the molecule is O=C(C[NH+](CCc1ccc2c(c1)OCCO2)CC(=O)Nc1ccc(F)cc1)Nc1ccc(F)cc1. The van der Waals surface area contributed by atoms with E-state index in [1.54, 1.807) is 0 Å². The number of hydrogen-bond acceptors (Lipinski definition) is 4. The van der Waals surface area contributed by atoms with Crippen molar-refractivity contribution in [1.82, 2.24) is 0 Å². The number of hydrogen-bond donors (Lipinski definition) is 3. The summed E-state index contributed by atoms with van der Waals surface area (Å²) in [7, 11) is 0. The van der Waals surface area contributed by atoms with Crippen LogP contribution in [0, 0.1) is 11.6 Å². The molecular formula is C26H26F2N3O4+. The molecule has 4 rings (SSSR count). The molecule has 7 nitrogen and oxygen atoms in total. The van der Waals surface area contributed by atoms with E-state index in [1.807, 2.05) is 18.2 Å². The Labute approximate surface area is 201 Å². The summed E-state index contributed by atoms with van der Waals surface area (Å²) in [5.74, 6) is -0.0222. The van der Waals surface area contributed by atoms with Gasteiger partial charge >= 0.3 is 0 Å². The zero-order valence-corrected chi connectivity index (χ0v) is 19.0. The van der Waals surface area contributed by atoms with E-state index in [0.29, 0.717) is 49.1 Å². The second-order valence-electron chi connectivity index (χ2n) is 8.19. The normalized spacial score (nSPS) is 12.3. The lowest BCUT2D eigenvalue weighted by molar-refractivity contribution is -0.883. The van der Waals surface area contributed by atoms with Gasteiger partial charge in [0.2, 0.25) is 0 Å². The zero-order valence-electron chi connectivity index (χ0n) is 19.0. The van der Waals surface area contributed by atoms with Crippen LogP contribution in [0.2, 0.25) is 0 Å². The van der Waals surface area contributed by atoms with E-state index in [0.717, 1.165) is 10.5 Å². The van der Waals surface area contributed by atoms with Crippen LogP contribution in [0.4, 0.5) is 20.2 Å². The maximum Gasteiger partial charge on any atom is 0.279 e. The fraction of sp³-hybridized carbons (Fsp3) is 0.231. The molecule has 0 bridgehead atoms. The molecule has 1 aliphatic heterocycles. The van der Waals surface area contributed by atoms with Gasteiger partial charge in [-0.15, -0.1) is 0 Å². The monoisotopic (exact) mass is 482 g/mol. The first-order chi connectivity index (χ1) is 16.9. The molecule has 0 saturated heterocycles. The maximum atomic E-state index is 13.1. The van der Waals surface area contributed by atoms with Crippen molar-refractivity contribution < 1.29 is 32.7 Å². The van der Waals surface area contributed by atoms with Gasteiger partial charge in [0.25, 0.3) is 11.8 Å². The smallest absolute Gasteiger partial charge is 0.279 e. The fourth-order valence-corrected chi connectivity index (χ4v) is 3.73. The number of anilines is 2. The fourth-order valence-electron chi connectivity index (χ4n) is 3.73. The van der Waals surface area contributed by atoms with Crippen molar-refractivity contribution in [3.05, 3.63) is 83.9 Å². The zero-order chi connectivity index (χ0) is 24.6. The molecule has 0 fully saturated rings. The van der Waals surface area contributed by atoms with Crippen LogP contribution in [0.15, 0.2) is 66.7 Å². The molecule has 9 heteroatoms. The Balaban J connectivity index is 1.40. The molecule has 0 radical (unpaired) electrons. The first-order valence-electron chi connectivity index (χ1n) is 11.3. The number of nitrogens with one attached hydrogen (secondary N) is 3. The topological polar surface area (TPSA) is 81.1 Å². The van der Waals surface area contributed by atoms with E-state index in [9.17, 15) is 18.4 Å². The lowest BCUT2D eigenvalue weighted by atomic mass is 10.1. The van der Waals surface area contributed by atoms with Crippen molar-refractivity contribution in [3.63, 3.8) is 0 Å². The number of carbonyl (C=O) groups is 2. The molecule has 0 saturated carbocycles. The molecule has 182 valence electrons. The Hall–Kier alpha value is -3.98. The molecule has 0 aliphatic carbocycles. The molecule has 3 aromatic carbocycles. The Morgan fingerprint density at radius 2 is 1.26 bits per heavy atom. The summed E-state index contributed by atoms with van der Waals surface area (Å²) in [6, 6.07) is 16.6. The van der Waals surface area contributed by atoms with Crippen LogP contribution in [0.5, 0.6) is 11.5 Å². The standard InChI is InChI=1S/C26H25F2N3O4/c27-19-2-6-21(7-3-19)29-25(32)16-31(17-26(33)30-22-8-4-20(28)5-9-22)12-11-18-1-10-23-24(15-18)35-14-13-34-23/h1-10,15H,11-14,16-17H2,(H,29,32)(H,30,33)/p+1. The van der Waals surface area contributed by atoms with Crippen LogP contribution in [0.3, 0.4) is 0 Å². The molecule has 0 unspecified atom stereocenters. The molecule has 1 aliphatic rings. The van der Waals surface area contributed by atoms with Gasteiger partial charge in [-0.1, -0.05) is 6.07 Å². The molecule has 1 heterocycles. The number of quaternary nitrogens is 1. The Bertz CT molecular complexity index is 1110. The molecule has 0 atom stereocenters. The highest BCUT2D eigenvalue weighted by Crippen LogP contribution is 2.30. The second kappa shape index (κ2) is 11.4. The van der Waals surface area contributed by atoms with Crippen molar-refractivity contribution in [1.29, 1.82) is 0 Å². The predicted octanol–water partition coefficient (Wildman–Crippen LogP) is 2.44. The summed E-state index contributed by atoms with van der Waals surface area (Å²) in [4.78, 5) is 26.0. The summed E-state index contributed by atoms with van der Waals surface area (Å²) >= 11 is 0. The number of ether oxygens (including phenoxy) is 2. The lowest BCUT2D eigenvalue weighted by Crippen LogP contribution is -3.14. The number of rotatable bonds is 9. The maximum absolute atomic E-state index is 13.1. The van der Waals surface area contributed by atoms with Gasteiger partial charge in [-0.2, -0.15) is 0 Å². The third-order valence-corrected chi connectivity index (χ3v) is 5.45. The van der Waals surface area contributed by atoms with Gasteiger partial charge in [0, 0.05) is 17.8 Å². The van der Waals surface area contributed by atoms with Crippen LogP contribution < -0.4 is 25.0 Å². The quantitative estimate of drug-likeness (QED) is 0.438. The summed E-state index contributed by atoms with van der Waals surface area (Å²) < 4.78 is 37.5. The van der Waals surface area contributed by atoms with Gasteiger partial charge in [-0.3, -0.25) is 9.59 Å². The van der Waals surface area contributed by atoms with E-state index < -0.39 is 11.6 Å². The highest BCUT2D eigenvalue weighted by molar-refractivity contribution is 5.93. The molecule has 3 aromatic rings. The first-order valence-corrected chi connectivity index (χ1v) is 11.3. The first kappa shape index (κ1) is 24.2. The van der Waals surface area contributed by atoms with Gasteiger partial charge in [0.05, 0.1) is 6.54 Å². The number of benzene rings is 3. The van der Waals surface area contributed by atoms with E-state index in [2.05, 4.69) is 10.6 Å². The average molecular weight is 483 g/mol. The lowest BCUT2D eigenvalue weighted by Gasteiger charge is -2.21. The summed E-state index contributed by atoms with van der Waals surface area (Å²) in [6.45, 7) is 1.54. The van der Waals surface area contributed by atoms with Crippen LogP contribution in [0.1, 0.15) is 5.56 Å². The highest BCUT2D eigenvalue weighted by atomic mass is 19.1. The largest absolute Gasteiger partial charge is 0.486 e. The van der Waals surface area contributed by atoms with Gasteiger partial charge in [0.1, 0.15) is 24.8 Å². The summed E-state index contributed by atoms with van der Waals surface area (Å²) in [5, 5.41) is 5.46. The minimum absolute atomic E-state index is 0.0266. The van der Waals surface area contributed by atoms with Gasteiger partial charge in [-0.05, 0) is 66.2 Å². The Morgan fingerprint density at radius 1 is 0.743 bits per heavy atom. The second-order valence-corrected chi connectivity index (χ2v) is 8.19. The van der Waals surface area contributed by atoms with Crippen molar-refractivity contribution >= 4 is 23.2 Å². The molecular weight excluding hydrogens is 456 g/mol. The number of fused-ring (bicyclic) bond motifs is 1. The number of amides is 2. The molecule has 0 spiro atoms. The van der Waals surface area contributed by atoms with Crippen LogP contribution in [-0.4, -0.2) is 44.7 Å². The average Bonchev–Trinajstić information content (AvgIpc) is 2.85. The van der Waals surface area contributed by atoms with Crippen molar-refractivity contribution in [3.8, 4) is 11.5 Å². The minimum Gasteiger partial charge on any atom is -0.486 e. The van der Waals surface area contributed by atoms with Crippen LogP contribution in [0.25, 0.3) is 0 Å². The summed E-state index contributed by atoms with van der Waals surface area (Å²) in [5.41, 5.74) is 1.93. The Morgan fingerprint density at radius 3 is 1.80 bits per heavy atom. The third kappa shape index (κ3) is 7.25. The minimum atomic E-state index is -0.396. The summed E-state index contributed by atoms with van der Waals surface area (Å²) in [6.07, 6.45) is 0.597. The van der Waals surface area contributed by atoms with Crippen molar-refractivity contribution in [2.45, 2.75) is 6.42 Å². The predicted molar refractivity (Wildman–Crippen MR) is 127 cm³/mol. The van der Waals surface area contributed by atoms with E-state index >= 15 is 0 Å². The number of halogens is 2. The van der Waals surface area contributed by atoms with Gasteiger partial charge < -0.3 is 25.0 Å². The Kier molecular flexibility index (Phi) is 7.89. The number of carbonyl (C=O) groups excluding carboxylic acids is 2. The third-order valence-electron chi connectivity index (χ3n) is 5.45. The molecule has 35 heavy (non-hydrogen) atoms. The van der Waals surface area contributed by atoms with E-state index in [4.69, 9.17) is 9.47 Å².